The molecule has 1 N–H and O–H groups in total. The molecule has 0 saturated heterocycles. The summed E-state index contributed by atoms with van der Waals surface area (Å²) in [5.41, 5.74) is 1.84. The molecular weight excluding hydrogens is 388 g/mol. The zero-order valence-corrected chi connectivity index (χ0v) is 15.9. The summed E-state index contributed by atoms with van der Waals surface area (Å²) in [7, 11) is 1.60. The second-order valence-electron chi connectivity index (χ2n) is 5.96. The molecule has 0 saturated carbocycles. The standard InChI is InChI=1S/C17H17ClN6O4/c1-11-16(18)17(24(26)27)21-23(11)10-15(25)20-13-7-19-22(9-13)8-12-4-3-5-14(6-12)28-2/h3-7,9H,8,10H2,1-2H3,(H,20,25). The van der Waals surface area contributed by atoms with E-state index in [1.165, 1.54) is 10.9 Å². The number of anilines is 1. The number of nitrogens with one attached hydrogen (secondary N) is 1. The molecule has 3 aromatic rings. The summed E-state index contributed by atoms with van der Waals surface area (Å²) in [4.78, 5) is 22.4. The Hall–Kier alpha value is -3.40. The number of ether oxygens (including phenoxy) is 1. The first kappa shape index (κ1) is 19.4. The van der Waals surface area contributed by atoms with E-state index in [1.54, 1.807) is 24.9 Å². The molecular formula is C17H17ClN6O4. The molecule has 0 aliphatic carbocycles. The van der Waals surface area contributed by atoms with Crippen LogP contribution in [0.2, 0.25) is 5.02 Å². The van der Waals surface area contributed by atoms with Gasteiger partial charge in [0.05, 0.1) is 36.3 Å². The molecule has 2 aromatic heterocycles. The first-order valence-corrected chi connectivity index (χ1v) is 8.57. The lowest BCUT2D eigenvalue weighted by atomic mass is 10.2. The Morgan fingerprint density at radius 2 is 2.21 bits per heavy atom. The van der Waals surface area contributed by atoms with Crippen molar-refractivity contribution < 1.29 is 14.5 Å². The summed E-state index contributed by atoms with van der Waals surface area (Å²) in [6.45, 7) is 1.86. The van der Waals surface area contributed by atoms with Crippen molar-refractivity contribution in [1.29, 1.82) is 0 Å². The number of methoxy groups -OCH3 is 1. The fourth-order valence-corrected chi connectivity index (χ4v) is 2.79. The average molecular weight is 405 g/mol. The van der Waals surface area contributed by atoms with Crippen LogP contribution < -0.4 is 10.1 Å². The molecule has 0 aliphatic rings. The SMILES string of the molecule is COc1cccc(Cn2cc(NC(=O)Cn3nc([N+](=O)[O-])c(Cl)c3C)cn2)c1. The van der Waals surface area contributed by atoms with Crippen molar-refractivity contribution >= 4 is 29.0 Å². The van der Waals surface area contributed by atoms with Gasteiger partial charge in [-0.15, -0.1) is 0 Å². The van der Waals surface area contributed by atoms with Crippen molar-refractivity contribution in [2.45, 2.75) is 20.0 Å². The largest absolute Gasteiger partial charge is 0.497 e. The van der Waals surface area contributed by atoms with E-state index >= 15 is 0 Å². The van der Waals surface area contributed by atoms with Gasteiger partial charge in [-0.3, -0.25) is 9.48 Å². The van der Waals surface area contributed by atoms with Gasteiger partial charge in [-0.2, -0.15) is 9.78 Å². The van der Waals surface area contributed by atoms with E-state index in [0.717, 1.165) is 11.3 Å². The van der Waals surface area contributed by atoms with Crippen LogP contribution in [0.15, 0.2) is 36.7 Å². The van der Waals surface area contributed by atoms with E-state index in [-0.39, 0.29) is 11.6 Å². The maximum atomic E-state index is 12.2. The van der Waals surface area contributed by atoms with Crippen LogP contribution in [0.1, 0.15) is 11.3 Å². The number of hydrogen-bond donors (Lipinski definition) is 1. The third-order valence-corrected chi connectivity index (χ3v) is 4.42. The zero-order valence-electron chi connectivity index (χ0n) is 15.1. The van der Waals surface area contributed by atoms with E-state index in [2.05, 4.69) is 15.5 Å². The van der Waals surface area contributed by atoms with Gasteiger partial charge in [-0.05, 0) is 29.5 Å². The molecule has 0 spiro atoms. The van der Waals surface area contributed by atoms with Crippen LogP contribution in [0.25, 0.3) is 0 Å². The van der Waals surface area contributed by atoms with Crippen LogP contribution in [-0.4, -0.2) is 37.5 Å². The van der Waals surface area contributed by atoms with Crippen molar-refractivity contribution in [1.82, 2.24) is 19.6 Å². The van der Waals surface area contributed by atoms with Gasteiger partial charge in [-0.1, -0.05) is 23.7 Å². The molecule has 10 nitrogen and oxygen atoms in total. The fourth-order valence-electron chi connectivity index (χ4n) is 2.59. The number of carbonyl (C=O) groups excluding carboxylic acids is 1. The Morgan fingerprint density at radius 3 is 2.89 bits per heavy atom. The fraction of sp³-hybridized carbons (Fsp3) is 0.235. The Kier molecular flexibility index (Phi) is 5.59. The molecule has 0 unspecified atom stereocenters. The molecule has 2 heterocycles. The van der Waals surface area contributed by atoms with Crippen LogP contribution in [0.4, 0.5) is 11.5 Å². The number of aromatic nitrogens is 4. The molecule has 0 aliphatic heterocycles. The number of nitrogens with zero attached hydrogens (tertiary/aromatic N) is 5. The molecule has 0 bridgehead atoms. The van der Waals surface area contributed by atoms with Crippen LogP contribution in [0, 0.1) is 17.0 Å². The highest BCUT2D eigenvalue weighted by atomic mass is 35.5. The Bertz CT molecular complexity index is 1030. The maximum absolute atomic E-state index is 12.2. The molecule has 28 heavy (non-hydrogen) atoms. The Morgan fingerprint density at radius 1 is 1.43 bits per heavy atom. The number of amides is 1. The van der Waals surface area contributed by atoms with Crippen LogP contribution in [0.5, 0.6) is 5.75 Å². The Labute approximate surface area is 164 Å². The van der Waals surface area contributed by atoms with Gasteiger partial charge in [0.25, 0.3) is 0 Å². The van der Waals surface area contributed by atoms with Gasteiger partial charge in [0.1, 0.15) is 12.3 Å². The molecule has 3 rings (SSSR count). The Balaban J connectivity index is 1.64. The predicted molar refractivity (Wildman–Crippen MR) is 102 cm³/mol. The molecule has 146 valence electrons. The molecule has 1 amide bonds. The van der Waals surface area contributed by atoms with Crippen molar-refractivity contribution in [3.8, 4) is 5.75 Å². The highest BCUT2D eigenvalue weighted by Crippen LogP contribution is 2.26. The molecule has 11 heteroatoms. The van der Waals surface area contributed by atoms with Crippen molar-refractivity contribution in [2.24, 2.45) is 0 Å². The predicted octanol–water partition coefficient (Wildman–Crippen LogP) is 2.65. The molecule has 0 radical (unpaired) electrons. The number of carbonyl (C=O) groups is 1. The summed E-state index contributed by atoms with van der Waals surface area (Å²) in [6, 6.07) is 7.58. The molecule has 1 aromatic carbocycles. The second-order valence-corrected chi connectivity index (χ2v) is 6.34. The lowest BCUT2D eigenvalue weighted by molar-refractivity contribution is -0.389. The smallest absolute Gasteiger partial charge is 0.408 e. The lowest BCUT2D eigenvalue weighted by Crippen LogP contribution is -2.20. The van der Waals surface area contributed by atoms with Gasteiger partial charge in [0, 0.05) is 6.20 Å². The first-order chi connectivity index (χ1) is 13.4. The summed E-state index contributed by atoms with van der Waals surface area (Å²) in [6.07, 6.45) is 3.20. The normalized spacial score (nSPS) is 10.7. The van der Waals surface area contributed by atoms with Gasteiger partial charge < -0.3 is 20.2 Å². The minimum atomic E-state index is -0.688. The monoisotopic (exact) mass is 404 g/mol. The number of hydrogen-bond acceptors (Lipinski definition) is 6. The van der Waals surface area contributed by atoms with E-state index in [1.807, 2.05) is 24.3 Å². The van der Waals surface area contributed by atoms with Crippen molar-refractivity contribution in [2.75, 3.05) is 12.4 Å². The van der Waals surface area contributed by atoms with Gasteiger partial charge >= 0.3 is 5.82 Å². The minimum absolute atomic E-state index is 0.0797. The lowest BCUT2D eigenvalue weighted by Gasteiger charge is -2.05. The third-order valence-electron chi connectivity index (χ3n) is 3.98. The summed E-state index contributed by atoms with van der Waals surface area (Å²) >= 11 is 5.88. The summed E-state index contributed by atoms with van der Waals surface area (Å²) in [5.74, 6) is -0.128. The molecule has 0 fully saturated rings. The average Bonchev–Trinajstić information content (AvgIpc) is 3.21. The molecule has 0 atom stereocenters. The summed E-state index contributed by atoms with van der Waals surface area (Å²) in [5, 5.41) is 21.5. The minimum Gasteiger partial charge on any atom is -0.497 e. The van der Waals surface area contributed by atoms with Crippen molar-refractivity contribution in [3.63, 3.8) is 0 Å². The third kappa shape index (κ3) is 4.29. The zero-order chi connectivity index (χ0) is 20.3. The van der Waals surface area contributed by atoms with Crippen LogP contribution in [0.3, 0.4) is 0 Å². The highest BCUT2D eigenvalue weighted by molar-refractivity contribution is 6.33. The quantitative estimate of drug-likeness (QED) is 0.477. The maximum Gasteiger partial charge on any atom is 0.408 e. The number of benzene rings is 1. The van der Waals surface area contributed by atoms with Crippen molar-refractivity contribution in [3.05, 3.63) is 63.1 Å². The van der Waals surface area contributed by atoms with Crippen LogP contribution in [-0.2, 0) is 17.9 Å². The topological polar surface area (TPSA) is 117 Å². The summed E-state index contributed by atoms with van der Waals surface area (Å²) < 4.78 is 8.06. The number of nitro groups is 1. The number of halogens is 1. The van der Waals surface area contributed by atoms with E-state index < -0.39 is 16.6 Å². The number of rotatable bonds is 7. The van der Waals surface area contributed by atoms with E-state index in [9.17, 15) is 14.9 Å². The van der Waals surface area contributed by atoms with E-state index in [4.69, 9.17) is 16.3 Å². The second kappa shape index (κ2) is 8.09. The first-order valence-electron chi connectivity index (χ1n) is 8.20. The van der Waals surface area contributed by atoms with Gasteiger partial charge in [0.15, 0.2) is 5.02 Å². The van der Waals surface area contributed by atoms with Gasteiger partial charge in [0.2, 0.25) is 5.91 Å². The van der Waals surface area contributed by atoms with Gasteiger partial charge in [-0.25, -0.2) is 0 Å². The van der Waals surface area contributed by atoms with Crippen LogP contribution >= 0.6 is 11.6 Å². The van der Waals surface area contributed by atoms with E-state index in [0.29, 0.717) is 17.9 Å². The highest BCUT2D eigenvalue weighted by Gasteiger charge is 2.25.